The van der Waals surface area contributed by atoms with E-state index in [1.165, 1.54) is 0 Å². The highest BCUT2D eigenvalue weighted by molar-refractivity contribution is 7.12. The van der Waals surface area contributed by atoms with Gasteiger partial charge in [-0.05, 0) is 26.0 Å². The largest absolute Gasteiger partial charge is 0.242 e. The van der Waals surface area contributed by atoms with Crippen LogP contribution in [0.25, 0.3) is 12.2 Å². The molecule has 0 aliphatic heterocycles. The van der Waals surface area contributed by atoms with Gasteiger partial charge in [-0.2, -0.15) is 5.26 Å². The second kappa shape index (κ2) is 3.07. The molecule has 1 unspecified atom stereocenters. The third-order valence-corrected chi connectivity index (χ3v) is 3.15. The first-order chi connectivity index (χ1) is 6.63. The van der Waals surface area contributed by atoms with Crippen LogP contribution in [0.3, 0.4) is 0 Å². The van der Waals surface area contributed by atoms with Crippen LogP contribution >= 0.6 is 11.3 Å². The first-order valence-corrected chi connectivity index (χ1v) is 5.22. The predicted octanol–water partition coefficient (Wildman–Crippen LogP) is 3.02. The number of allylic oxidation sites excluding steroid dienone is 2. The third kappa shape index (κ3) is 1.49. The monoisotopic (exact) mass is 202 g/mol. The van der Waals surface area contributed by atoms with Crippen molar-refractivity contribution >= 4 is 23.5 Å². The molecular formula is C11H10N2S. The summed E-state index contributed by atoms with van der Waals surface area (Å²) in [6, 6.07) is 2.26. The lowest BCUT2D eigenvalue weighted by Gasteiger charge is -2.08. The molecule has 1 heterocycles. The van der Waals surface area contributed by atoms with Gasteiger partial charge in [0.1, 0.15) is 0 Å². The second-order valence-electron chi connectivity index (χ2n) is 3.54. The topological polar surface area (TPSA) is 36.7 Å². The molecule has 1 aromatic heterocycles. The van der Waals surface area contributed by atoms with Crippen LogP contribution in [0.2, 0.25) is 0 Å². The van der Waals surface area contributed by atoms with Gasteiger partial charge in [0.25, 0.3) is 0 Å². The maximum Gasteiger partial charge on any atom is 0.0912 e. The van der Waals surface area contributed by atoms with Crippen molar-refractivity contribution in [2.45, 2.75) is 13.8 Å². The van der Waals surface area contributed by atoms with E-state index in [0.717, 1.165) is 15.6 Å². The Morgan fingerprint density at radius 3 is 2.86 bits per heavy atom. The van der Waals surface area contributed by atoms with Crippen LogP contribution in [-0.2, 0) is 0 Å². The smallest absolute Gasteiger partial charge is 0.0912 e. The molecule has 0 fully saturated rings. The van der Waals surface area contributed by atoms with E-state index in [9.17, 15) is 0 Å². The Morgan fingerprint density at radius 1 is 1.43 bits per heavy atom. The zero-order valence-electron chi connectivity index (χ0n) is 8.11. The lowest BCUT2D eigenvalue weighted by atomic mass is 9.92. The number of hydrogen-bond acceptors (Lipinski definition) is 3. The van der Waals surface area contributed by atoms with Crippen molar-refractivity contribution in [2.24, 2.45) is 5.41 Å². The van der Waals surface area contributed by atoms with E-state index in [-0.39, 0.29) is 0 Å². The van der Waals surface area contributed by atoms with Gasteiger partial charge in [0.2, 0.25) is 0 Å². The molecule has 0 N–H and O–H groups in total. The standard InChI is InChI=1S/C11H10N2S/c1-8-13-9-3-5-11(2,7-12)6-4-10(9)14-8/h3-6H,1-2H3. The molecule has 1 aromatic rings. The summed E-state index contributed by atoms with van der Waals surface area (Å²) in [6.07, 6.45) is 7.74. The summed E-state index contributed by atoms with van der Waals surface area (Å²) in [4.78, 5) is 5.52. The molecule has 0 saturated carbocycles. The summed E-state index contributed by atoms with van der Waals surface area (Å²) >= 11 is 1.66. The molecule has 1 atom stereocenters. The van der Waals surface area contributed by atoms with Crippen molar-refractivity contribution in [3.63, 3.8) is 0 Å². The number of thiazole rings is 1. The highest BCUT2D eigenvalue weighted by atomic mass is 32.1. The molecule has 0 aromatic carbocycles. The third-order valence-electron chi connectivity index (χ3n) is 2.20. The van der Waals surface area contributed by atoms with Gasteiger partial charge >= 0.3 is 0 Å². The highest BCUT2D eigenvalue weighted by Crippen LogP contribution is 2.30. The van der Waals surface area contributed by atoms with E-state index in [0.29, 0.717) is 0 Å². The number of hydrogen-bond donors (Lipinski definition) is 0. The van der Waals surface area contributed by atoms with Gasteiger partial charge in [-0.25, -0.2) is 4.98 Å². The van der Waals surface area contributed by atoms with Crippen LogP contribution in [0.15, 0.2) is 12.2 Å². The Balaban J connectivity index is 2.50. The van der Waals surface area contributed by atoms with Crippen molar-refractivity contribution in [3.05, 3.63) is 27.7 Å². The molecule has 14 heavy (non-hydrogen) atoms. The number of aromatic nitrogens is 1. The molecule has 0 saturated heterocycles. The summed E-state index contributed by atoms with van der Waals surface area (Å²) in [5.41, 5.74) is 0.483. The van der Waals surface area contributed by atoms with E-state index in [1.54, 1.807) is 11.3 Å². The normalized spacial score (nSPS) is 24.1. The van der Waals surface area contributed by atoms with E-state index in [4.69, 9.17) is 5.26 Å². The minimum absolute atomic E-state index is 0.492. The number of aryl methyl sites for hydroxylation is 1. The Labute approximate surface area is 87.2 Å². The number of nitrogens with zero attached hydrogens (tertiary/aromatic N) is 2. The Hall–Kier alpha value is -1.40. The average molecular weight is 202 g/mol. The van der Waals surface area contributed by atoms with E-state index < -0.39 is 5.41 Å². The molecular weight excluding hydrogens is 192 g/mol. The van der Waals surface area contributed by atoms with Gasteiger partial charge in [-0.15, -0.1) is 11.3 Å². The summed E-state index contributed by atoms with van der Waals surface area (Å²) in [6.45, 7) is 3.88. The van der Waals surface area contributed by atoms with Crippen LogP contribution in [-0.4, -0.2) is 4.98 Å². The lowest BCUT2D eigenvalue weighted by Crippen LogP contribution is -2.03. The molecule has 3 heteroatoms. The predicted molar refractivity (Wildman–Crippen MR) is 58.6 cm³/mol. The Kier molecular flexibility index (Phi) is 2.01. The lowest BCUT2D eigenvalue weighted by molar-refractivity contribution is 0.745. The fraction of sp³-hybridized carbons (Fsp3) is 0.273. The van der Waals surface area contributed by atoms with Gasteiger partial charge in [-0.3, -0.25) is 0 Å². The SMILES string of the molecule is Cc1nc2c(s1)C=CC(C)(C#N)C=C2. The van der Waals surface area contributed by atoms with Gasteiger partial charge in [-0.1, -0.05) is 12.2 Å². The molecule has 2 nitrogen and oxygen atoms in total. The van der Waals surface area contributed by atoms with Gasteiger partial charge in [0, 0.05) is 0 Å². The fourth-order valence-electron chi connectivity index (χ4n) is 1.33. The second-order valence-corrected chi connectivity index (χ2v) is 4.78. The number of rotatable bonds is 0. The molecule has 0 bridgehead atoms. The van der Waals surface area contributed by atoms with E-state index in [2.05, 4.69) is 11.1 Å². The van der Waals surface area contributed by atoms with Crippen LogP contribution in [0, 0.1) is 23.7 Å². The van der Waals surface area contributed by atoms with Crippen molar-refractivity contribution in [1.82, 2.24) is 4.98 Å². The summed E-state index contributed by atoms with van der Waals surface area (Å²) in [5.74, 6) is 0. The van der Waals surface area contributed by atoms with Crippen molar-refractivity contribution in [1.29, 1.82) is 5.26 Å². The maximum absolute atomic E-state index is 8.98. The summed E-state index contributed by atoms with van der Waals surface area (Å²) < 4.78 is 0. The first-order valence-electron chi connectivity index (χ1n) is 4.40. The Bertz CT molecular complexity index is 429. The fourth-order valence-corrected chi connectivity index (χ4v) is 2.15. The van der Waals surface area contributed by atoms with Crippen LogP contribution in [0.4, 0.5) is 0 Å². The Morgan fingerprint density at radius 2 is 2.14 bits per heavy atom. The number of nitriles is 1. The van der Waals surface area contributed by atoms with Crippen molar-refractivity contribution in [3.8, 4) is 6.07 Å². The van der Waals surface area contributed by atoms with Crippen molar-refractivity contribution in [2.75, 3.05) is 0 Å². The van der Waals surface area contributed by atoms with Crippen LogP contribution in [0.5, 0.6) is 0 Å². The van der Waals surface area contributed by atoms with E-state index >= 15 is 0 Å². The molecule has 0 spiro atoms. The van der Waals surface area contributed by atoms with Crippen LogP contribution in [0.1, 0.15) is 22.5 Å². The molecule has 1 aliphatic rings. The van der Waals surface area contributed by atoms with Gasteiger partial charge in [0.15, 0.2) is 0 Å². The van der Waals surface area contributed by atoms with Crippen molar-refractivity contribution < 1.29 is 0 Å². The first kappa shape index (κ1) is 9.17. The summed E-state index contributed by atoms with van der Waals surface area (Å²) in [5, 5.41) is 10.0. The zero-order valence-corrected chi connectivity index (χ0v) is 8.93. The van der Waals surface area contributed by atoms with Gasteiger partial charge < -0.3 is 0 Å². The zero-order chi connectivity index (χ0) is 10.2. The molecule has 1 aliphatic carbocycles. The molecule has 2 rings (SSSR count). The number of fused-ring (bicyclic) bond motifs is 1. The minimum Gasteiger partial charge on any atom is -0.242 e. The molecule has 0 radical (unpaired) electrons. The average Bonchev–Trinajstić information content (AvgIpc) is 2.46. The quantitative estimate of drug-likeness (QED) is 0.648. The van der Waals surface area contributed by atoms with Gasteiger partial charge in [0.05, 0.1) is 27.1 Å². The van der Waals surface area contributed by atoms with Crippen LogP contribution < -0.4 is 0 Å². The van der Waals surface area contributed by atoms with E-state index in [1.807, 2.05) is 38.2 Å². The molecule has 70 valence electrons. The highest BCUT2D eigenvalue weighted by Gasteiger charge is 2.19. The maximum atomic E-state index is 8.98. The summed E-state index contributed by atoms with van der Waals surface area (Å²) in [7, 11) is 0. The molecule has 0 amide bonds. The minimum atomic E-state index is -0.492.